The Morgan fingerprint density at radius 2 is 2.07 bits per heavy atom. The maximum atomic E-state index is 6.05. The first-order chi connectivity index (χ1) is 6.86. The molecule has 1 aromatic heterocycles. The van der Waals surface area contributed by atoms with Crippen molar-refractivity contribution >= 4 is 5.82 Å². The molecule has 1 fully saturated rings. The third-order valence-corrected chi connectivity index (χ3v) is 3.29. The van der Waals surface area contributed by atoms with Gasteiger partial charge in [0.2, 0.25) is 0 Å². The lowest BCUT2D eigenvalue weighted by Gasteiger charge is -2.12. The van der Waals surface area contributed by atoms with E-state index in [1.807, 2.05) is 4.68 Å². The Bertz CT molecular complexity index is 352. The number of nitrogens with two attached hydrogens (primary N) is 1. The number of nitrogen functional groups attached to an aromatic ring is 1. The topological polar surface area (TPSA) is 53.1 Å². The van der Waals surface area contributed by atoms with Crippen LogP contribution < -0.4 is 5.73 Å². The van der Waals surface area contributed by atoms with Gasteiger partial charge in [0.25, 0.3) is 0 Å². The Labute approximate surface area is 83.0 Å². The molecule has 0 radical (unpaired) electrons. The molecule has 3 rings (SSSR count). The number of rotatable bonds is 1. The van der Waals surface area contributed by atoms with E-state index in [2.05, 4.69) is 5.10 Å². The van der Waals surface area contributed by atoms with Crippen LogP contribution in [-0.4, -0.2) is 9.78 Å². The van der Waals surface area contributed by atoms with Crippen molar-refractivity contribution in [3.63, 3.8) is 0 Å². The summed E-state index contributed by atoms with van der Waals surface area (Å²) in [7, 11) is 0. The zero-order chi connectivity index (χ0) is 9.54. The SMILES string of the molecule is Nc1c2c(nn1C1CCCC1)COC2. The summed E-state index contributed by atoms with van der Waals surface area (Å²) in [6.45, 7) is 1.28. The average Bonchev–Trinajstić information content (AvgIpc) is 2.84. The lowest BCUT2D eigenvalue weighted by Crippen LogP contribution is -2.11. The number of aromatic nitrogens is 2. The van der Waals surface area contributed by atoms with Crippen LogP contribution in [0.15, 0.2) is 0 Å². The van der Waals surface area contributed by atoms with Crippen LogP contribution >= 0.6 is 0 Å². The third kappa shape index (κ3) is 1.07. The van der Waals surface area contributed by atoms with E-state index in [0.717, 1.165) is 17.1 Å². The molecule has 76 valence electrons. The van der Waals surface area contributed by atoms with Crippen LogP contribution in [0, 0.1) is 0 Å². The highest BCUT2D eigenvalue weighted by molar-refractivity contribution is 5.44. The molecule has 0 unspecified atom stereocenters. The summed E-state index contributed by atoms with van der Waals surface area (Å²) in [5, 5.41) is 4.54. The third-order valence-electron chi connectivity index (χ3n) is 3.29. The molecule has 2 aliphatic rings. The van der Waals surface area contributed by atoms with Gasteiger partial charge >= 0.3 is 0 Å². The molecule has 1 aliphatic carbocycles. The van der Waals surface area contributed by atoms with E-state index in [4.69, 9.17) is 10.5 Å². The number of nitrogens with zero attached hydrogens (tertiary/aromatic N) is 2. The minimum absolute atomic E-state index is 0.542. The van der Waals surface area contributed by atoms with E-state index in [1.165, 1.54) is 25.7 Å². The molecule has 1 aliphatic heterocycles. The fraction of sp³-hybridized carbons (Fsp3) is 0.700. The van der Waals surface area contributed by atoms with E-state index in [1.54, 1.807) is 0 Å². The zero-order valence-electron chi connectivity index (χ0n) is 8.20. The van der Waals surface area contributed by atoms with E-state index in [9.17, 15) is 0 Å². The second kappa shape index (κ2) is 2.98. The van der Waals surface area contributed by atoms with Crippen molar-refractivity contribution in [2.24, 2.45) is 0 Å². The average molecular weight is 193 g/mol. The maximum Gasteiger partial charge on any atom is 0.127 e. The molecule has 2 N–H and O–H groups in total. The van der Waals surface area contributed by atoms with Gasteiger partial charge in [-0.3, -0.25) is 0 Å². The second-order valence-corrected chi connectivity index (χ2v) is 4.19. The van der Waals surface area contributed by atoms with Crippen LogP contribution in [0.2, 0.25) is 0 Å². The lowest BCUT2D eigenvalue weighted by atomic mass is 10.2. The molecule has 0 amide bonds. The number of ether oxygens (including phenoxy) is 1. The lowest BCUT2D eigenvalue weighted by molar-refractivity contribution is 0.130. The molecule has 4 nitrogen and oxygen atoms in total. The zero-order valence-corrected chi connectivity index (χ0v) is 8.20. The van der Waals surface area contributed by atoms with E-state index in [0.29, 0.717) is 19.3 Å². The predicted molar refractivity (Wildman–Crippen MR) is 52.6 cm³/mol. The van der Waals surface area contributed by atoms with Crippen LogP contribution in [0.3, 0.4) is 0 Å². The highest BCUT2D eigenvalue weighted by Gasteiger charge is 2.26. The van der Waals surface area contributed by atoms with Crippen molar-refractivity contribution in [3.05, 3.63) is 11.3 Å². The molecule has 0 saturated heterocycles. The van der Waals surface area contributed by atoms with Crippen molar-refractivity contribution in [3.8, 4) is 0 Å². The summed E-state index contributed by atoms with van der Waals surface area (Å²) >= 11 is 0. The summed E-state index contributed by atoms with van der Waals surface area (Å²) in [6, 6.07) is 0.542. The predicted octanol–water partition coefficient (Wildman–Crippen LogP) is 1.61. The van der Waals surface area contributed by atoms with Gasteiger partial charge in [-0.2, -0.15) is 5.10 Å². The minimum atomic E-state index is 0.542. The van der Waals surface area contributed by atoms with E-state index < -0.39 is 0 Å². The van der Waals surface area contributed by atoms with Crippen LogP contribution in [-0.2, 0) is 18.0 Å². The van der Waals surface area contributed by atoms with E-state index in [-0.39, 0.29) is 0 Å². The normalized spacial score (nSPS) is 21.7. The number of hydrogen-bond acceptors (Lipinski definition) is 3. The Kier molecular flexibility index (Phi) is 1.77. The van der Waals surface area contributed by atoms with Crippen LogP contribution in [0.25, 0.3) is 0 Å². The number of fused-ring (bicyclic) bond motifs is 1. The van der Waals surface area contributed by atoms with Gasteiger partial charge in [0.05, 0.1) is 24.9 Å². The molecule has 0 bridgehead atoms. The van der Waals surface area contributed by atoms with Gasteiger partial charge < -0.3 is 10.5 Å². The number of anilines is 1. The first-order valence-electron chi connectivity index (χ1n) is 5.30. The summed E-state index contributed by atoms with van der Waals surface area (Å²) in [4.78, 5) is 0. The molecule has 4 heteroatoms. The summed E-state index contributed by atoms with van der Waals surface area (Å²) in [5.41, 5.74) is 8.23. The van der Waals surface area contributed by atoms with Crippen LogP contribution in [0.5, 0.6) is 0 Å². The van der Waals surface area contributed by atoms with E-state index >= 15 is 0 Å². The molecule has 1 aromatic rings. The molecule has 14 heavy (non-hydrogen) atoms. The highest BCUT2D eigenvalue weighted by Crippen LogP contribution is 2.34. The molecule has 0 aromatic carbocycles. The Morgan fingerprint density at radius 3 is 2.79 bits per heavy atom. The van der Waals surface area contributed by atoms with Gasteiger partial charge in [0, 0.05) is 5.56 Å². The highest BCUT2D eigenvalue weighted by atomic mass is 16.5. The number of hydrogen-bond donors (Lipinski definition) is 1. The fourth-order valence-corrected chi connectivity index (χ4v) is 2.48. The van der Waals surface area contributed by atoms with Gasteiger partial charge in [-0.15, -0.1) is 0 Å². The monoisotopic (exact) mass is 193 g/mol. The quantitative estimate of drug-likeness (QED) is 0.737. The van der Waals surface area contributed by atoms with Crippen molar-refractivity contribution in [2.45, 2.75) is 44.9 Å². The minimum Gasteiger partial charge on any atom is -0.384 e. The van der Waals surface area contributed by atoms with Crippen molar-refractivity contribution < 1.29 is 4.74 Å². The molecule has 2 heterocycles. The largest absolute Gasteiger partial charge is 0.384 e. The van der Waals surface area contributed by atoms with Crippen LogP contribution in [0.4, 0.5) is 5.82 Å². The molecule has 1 saturated carbocycles. The maximum absolute atomic E-state index is 6.05. The Hall–Kier alpha value is -1.03. The fourth-order valence-electron chi connectivity index (χ4n) is 2.48. The standard InChI is InChI=1S/C10H15N3O/c11-10-8-5-14-6-9(8)12-13(10)7-3-1-2-4-7/h7H,1-6,11H2. The van der Waals surface area contributed by atoms with Crippen LogP contribution in [0.1, 0.15) is 43.0 Å². The van der Waals surface area contributed by atoms with Gasteiger partial charge in [0.1, 0.15) is 5.82 Å². The summed E-state index contributed by atoms with van der Waals surface area (Å²) in [6.07, 6.45) is 5.08. The Morgan fingerprint density at radius 1 is 1.29 bits per heavy atom. The molecular formula is C10H15N3O. The Balaban J connectivity index is 1.98. The van der Waals surface area contributed by atoms with Gasteiger partial charge in [0.15, 0.2) is 0 Å². The molecule has 0 atom stereocenters. The molecular weight excluding hydrogens is 178 g/mol. The second-order valence-electron chi connectivity index (χ2n) is 4.19. The van der Waals surface area contributed by atoms with Gasteiger partial charge in [-0.05, 0) is 12.8 Å². The summed E-state index contributed by atoms with van der Waals surface area (Å²) in [5.74, 6) is 0.837. The first kappa shape index (κ1) is 8.29. The van der Waals surface area contributed by atoms with Gasteiger partial charge in [-0.1, -0.05) is 12.8 Å². The smallest absolute Gasteiger partial charge is 0.127 e. The van der Waals surface area contributed by atoms with Crippen molar-refractivity contribution in [1.82, 2.24) is 9.78 Å². The van der Waals surface area contributed by atoms with Crippen molar-refractivity contribution in [2.75, 3.05) is 5.73 Å². The first-order valence-corrected chi connectivity index (χ1v) is 5.30. The summed E-state index contributed by atoms with van der Waals surface area (Å²) < 4.78 is 7.33. The van der Waals surface area contributed by atoms with Crippen molar-refractivity contribution in [1.29, 1.82) is 0 Å². The van der Waals surface area contributed by atoms with Gasteiger partial charge in [-0.25, -0.2) is 4.68 Å². The molecule has 0 spiro atoms.